The van der Waals surface area contributed by atoms with E-state index < -0.39 is 11.0 Å². The number of para-hydroxylation sites is 2. The second-order valence-corrected chi connectivity index (χ2v) is 5.38. The van der Waals surface area contributed by atoms with Gasteiger partial charge in [-0.25, -0.2) is 9.78 Å². The van der Waals surface area contributed by atoms with Crippen molar-refractivity contribution in [2.75, 3.05) is 5.32 Å². The van der Waals surface area contributed by atoms with Crippen molar-refractivity contribution < 1.29 is 9.72 Å². The third kappa shape index (κ3) is 3.57. The number of nitrogens with one attached hydrogen (secondary N) is 2. The van der Waals surface area contributed by atoms with Gasteiger partial charge >= 0.3 is 6.03 Å². The topological polar surface area (TPSA) is 102 Å². The van der Waals surface area contributed by atoms with Crippen LogP contribution in [0.4, 0.5) is 16.2 Å². The van der Waals surface area contributed by atoms with Gasteiger partial charge in [0.1, 0.15) is 5.82 Å². The number of nitro groups is 1. The molecule has 0 bridgehead atoms. The molecule has 8 nitrogen and oxygen atoms in total. The van der Waals surface area contributed by atoms with Crippen LogP contribution in [0, 0.1) is 10.1 Å². The molecule has 0 atom stereocenters. The maximum atomic E-state index is 12.1. The third-order valence-corrected chi connectivity index (χ3v) is 3.77. The van der Waals surface area contributed by atoms with Crippen molar-refractivity contribution in [3.8, 4) is 0 Å². The number of benzene rings is 2. The fourth-order valence-electron chi connectivity index (χ4n) is 2.65. The average Bonchev–Trinajstić information content (AvgIpc) is 2.97. The van der Waals surface area contributed by atoms with Crippen LogP contribution in [-0.2, 0) is 13.1 Å². The predicted octanol–water partition coefficient (Wildman–Crippen LogP) is 3.29. The molecule has 0 saturated carbocycles. The monoisotopic (exact) mass is 339 g/mol. The Balaban J connectivity index is 1.68. The number of imidazole rings is 1. The molecular formula is C17H17N5O3. The molecule has 0 fully saturated rings. The molecule has 2 amide bonds. The van der Waals surface area contributed by atoms with E-state index in [0.29, 0.717) is 5.69 Å². The lowest BCUT2D eigenvalue weighted by Gasteiger charge is -2.09. The quantitative estimate of drug-likeness (QED) is 0.550. The lowest BCUT2D eigenvalue weighted by molar-refractivity contribution is -0.384. The zero-order valence-corrected chi connectivity index (χ0v) is 13.6. The Kier molecular flexibility index (Phi) is 4.60. The van der Waals surface area contributed by atoms with Gasteiger partial charge in [0, 0.05) is 24.4 Å². The van der Waals surface area contributed by atoms with Gasteiger partial charge in [-0.2, -0.15) is 0 Å². The van der Waals surface area contributed by atoms with Crippen molar-refractivity contribution in [1.82, 2.24) is 14.9 Å². The molecule has 3 aromatic rings. The summed E-state index contributed by atoms with van der Waals surface area (Å²) in [6, 6.07) is 13.1. The van der Waals surface area contributed by atoms with Crippen LogP contribution in [0.15, 0.2) is 48.5 Å². The summed E-state index contributed by atoms with van der Waals surface area (Å²) in [5.41, 5.74) is 2.17. The van der Waals surface area contributed by atoms with Crippen LogP contribution >= 0.6 is 0 Å². The summed E-state index contributed by atoms with van der Waals surface area (Å²) >= 11 is 0. The van der Waals surface area contributed by atoms with Crippen LogP contribution in [-0.4, -0.2) is 20.5 Å². The standard InChI is InChI=1S/C17H17N5O3/c1-2-21-15-9-4-3-8-14(15)20-16(21)11-18-17(23)19-12-6-5-7-13(10-12)22(24)25/h3-10H,2,11H2,1H3,(H2,18,19,23). The number of urea groups is 1. The first-order valence-electron chi connectivity index (χ1n) is 7.82. The Morgan fingerprint density at radius 1 is 1.24 bits per heavy atom. The zero-order chi connectivity index (χ0) is 17.8. The largest absolute Gasteiger partial charge is 0.331 e. The average molecular weight is 339 g/mol. The Labute approximate surface area is 143 Å². The van der Waals surface area contributed by atoms with E-state index in [0.717, 1.165) is 23.4 Å². The number of carbonyl (C=O) groups excluding carboxylic acids is 1. The third-order valence-electron chi connectivity index (χ3n) is 3.77. The molecule has 0 radical (unpaired) electrons. The van der Waals surface area contributed by atoms with E-state index in [2.05, 4.69) is 15.6 Å². The highest BCUT2D eigenvalue weighted by Gasteiger charge is 2.11. The van der Waals surface area contributed by atoms with Crippen molar-refractivity contribution in [3.63, 3.8) is 0 Å². The van der Waals surface area contributed by atoms with Gasteiger partial charge in [0.2, 0.25) is 0 Å². The van der Waals surface area contributed by atoms with Crippen molar-refractivity contribution >= 4 is 28.4 Å². The van der Waals surface area contributed by atoms with Gasteiger partial charge in [-0.3, -0.25) is 10.1 Å². The van der Waals surface area contributed by atoms with Crippen LogP contribution in [0.2, 0.25) is 0 Å². The smallest absolute Gasteiger partial charge is 0.319 e. The lowest BCUT2D eigenvalue weighted by Crippen LogP contribution is -2.29. The number of hydrogen-bond donors (Lipinski definition) is 2. The molecule has 0 aliphatic carbocycles. The molecule has 25 heavy (non-hydrogen) atoms. The number of rotatable bonds is 5. The number of hydrogen-bond acceptors (Lipinski definition) is 4. The number of amides is 2. The highest BCUT2D eigenvalue weighted by molar-refractivity contribution is 5.89. The number of fused-ring (bicyclic) bond motifs is 1. The molecule has 0 aliphatic rings. The second-order valence-electron chi connectivity index (χ2n) is 5.38. The molecule has 128 valence electrons. The van der Waals surface area contributed by atoms with Crippen molar-refractivity contribution in [3.05, 3.63) is 64.5 Å². The minimum absolute atomic E-state index is 0.0782. The van der Waals surface area contributed by atoms with Crippen LogP contribution < -0.4 is 10.6 Å². The van der Waals surface area contributed by atoms with E-state index in [1.165, 1.54) is 18.2 Å². The molecule has 0 aliphatic heterocycles. The van der Waals surface area contributed by atoms with Crippen LogP contribution in [0.3, 0.4) is 0 Å². The number of non-ortho nitro benzene ring substituents is 1. The number of carbonyl (C=O) groups is 1. The normalized spacial score (nSPS) is 10.6. The lowest BCUT2D eigenvalue weighted by atomic mass is 10.3. The summed E-state index contributed by atoms with van der Waals surface area (Å²) in [7, 11) is 0. The zero-order valence-electron chi connectivity index (χ0n) is 13.6. The molecule has 1 heterocycles. The van der Waals surface area contributed by atoms with Gasteiger partial charge in [0.25, 0.3) is 5.69 Å². The molecule has 8 heteroatoms. The predicted molar refractivity (Wildman–Crippen MR) is 94.4 cm³/mol. The van der Waals surface area contributed by atoms with E-state index in [4.69, 9.17) is 0 Å². The number of nitrogens with zero attached hydrogens (tertiary/aromatic N) is 3. The van der Waals surface area contributed by atoms with E-state index in [9.17, 15) is 14.9 Å². The first kappa shape index (κ1) is 16.4. The number of nitro benzene ring substituents is 1. The van der Waals surface area contributed by atoms with Gasteiger partial charge in [-0.1, -0.05) is 18.2 Å². The minimum Gasteiger partial charge on any atom is -0.331 e. The minimum atomic E-state index is -0.507. The number of aromatic nitrogens is 2. The Morgan fingerprint density at radius 3 is 2.80 bits per heavy atom. The summed E-state index contributed by atoms with van der Waals surface area (Å²) < 4.78 is 2.03. The molecule has 2 aromatic carbocycles. The summed E-state index contributed by atoms with van der Waals surface area (Å²) in [5.74, 6) is 0.748. The summed E-state index contributed by atoms with van der Waals surface area (Å²) in [6.45, 7) is 3.01. The SMILES string of the molecule is CCn1c(CNC(=O)Nc2cccc([N+](=O)[O-])c2)nc2ccccc21. The fraction of sp³-hybridized carbons (Fsp3) is 0.176. The number of anilines is 1. The van der Waals surface area contributed by atoms with E-state index in [1.54, 1.807) is 6.07 Å². The van der Waals surface area contributed by atoms with Crippen molar-refractivity contribution in [2.45, 2.75) is 20.0 Å². The molecule has 0 spiro atoms. The van der Waals surface area contributed by atoms with Gasteiger partial charge in [-0.05, 0) is 25.1 Å². The number of aryl methyl sites for hydroxylation is 1. The fourth-order valence-corrected chi connectivity index (χ4v) is 2.65. The van der Waals surface area contributed by atoms with E-state index in [1.807, 2.05) is 35.8 Å². The Hall–Kier alpha value is -3.42. The molecule has 0 unspecified atom stereocenters. The summed E-state index contributed by atoms with van der Waals surface area (Å²) in [6.07, 6.45) is 0. The Bertz CT molecular complexity index is 935. The molecule has 3 rings (SSSR count). The van der Waals surface area contributed by atoms with Gasteiger partial charge in [-0.15, -0.1) is 0 Å². The maximum Gasteiger partial charge on any atom is 0.319 e. The van der Waals surface area contributed by atoms with Gasteiger partial charge in [0.05, 0.1) is 22.5 Å². The van der Waals surface area contributed by atoms with Crippen LogP contribution in [0.25, 0.3) is 11.0 Å². The van der Waals surface area contributed by atoms with Crippen LogP contribution in [0.5, 0.6) is 0 Å². The first-order chi connectivity index (χ1) is 12.1. The Morgan fingerprint density at radius 2 is 2.04 bits per heavy atom. The highest BCUT2D eigenvalue weighted by Crippen LogP contribution is 2.17. The van der Waals surface area contributed by atoms with Gasteiger partial charge in [0.15, 0.2) is 0 Å². The molecule has 0 saturated heterocycles. The van der Waals surface area contributed by atoms with Crippen LogP contribution in [0.1, 0.15) is 12.7 Å². The maximum absolute atomic E-state index is 12.1. The molecular weight excluding hydrogens is 322 g/mol. The summed E-state index contributed by atoms with van der Waals surface area (Å²) in [5, 5.41) is 16.1. The van der Waals surface area contributed by atoms with E-state index >= 15 is 0 Å². The summed E-state index contributed by atoms with van der Waals surface area (Å²) in [4.78, 5) is 26.8. The van der Waals surface area contributed by atoms with E-state index in [-0.39, 0.29) is 12.2 Å². The molecule has 1 aromatic heterocycles. The first-order valence-corrected chi connectivity index (χ1v) is 7.82. The highest BCUT2D eigenvalue weighted by atomic mass is 16.6. The van der Waals surface area contributed by atoms with Gasteiger partial charge < -0.3 is 15.2 Å². The van der Waals surface area contributed by atoms with Crippen molar-refractivity contribution in [1.29, 1.82) is 0 Å². The molecule has 2 N–H and O–H groups in total. The second kappa shape index (κ2) is 7.00. The van der Waals surface area contributed by atoms with Crippen molar-refractivity contribution in [2.24, 2.45) is 0 Å².